The first kappa shape index (κ1) is 30.9. The first-order chi connectivity index (χ1) is 15.5. The second kappa shape index (κ2) is 20.5. The number of hydrogen-bond donors (Lipinski definition) is 3. The number of nitrogens with one attached hydrogen (secondary N) is 2. The molecule has 0 unspecified atom stereocenters. The number of halogens is 1. The lowest BCUT2D eigenvalue weighted by Crippen LogP contribution is -2.25. The summed E-state index contributed by atoms with van der Waals surface area (Å²) < 4.78 is 5.37. The summed E-state index contributed by atoms with van der Waals surface area (Å²) in [6, 6.07) is 7.47. The number of esters is 1. The van der Waals surface area contributed by atoms with Crippen LogP contribution in [0.2, 0.25) is 0 Å². The van der Waals surface area contributed by atoms with Crippen LogP contribution >= 0.6 is 12.4 Å². The predicted molar refractivity (Wildman–Crippen MR) is 135 cm³/mol. The van der Waals surface area contributed by atoms with E-state index in [2.05, 4.69) is 10.6 Å². The lowest BCUT2D eigenvalue weighted by atomic mass is 10.1. The molecule has 4 N–H and O–H groups in total. The monoisotopic (exact) mass is 483 g/mol. The van der Waals surface area contributed by atoms with Crippen molar-refractivity contribution < 1.29 is 19.1 Å². The molecule has 0 aromatic heterocycles. The number of para-hydroxylation sites is 1. The zero-order chi connectivity index (χ0) is 23.4. The summed E-state index contributed by atoms with van der Waals surface area (Å²) in [5, 5.41) is 5.85. The van der Waals surface area contributed by atoms with E-state index >= 15 is 0 Å². The molecule has 1 aromatic rings. The van der Waals surface area contributed by atoms with Crippen LogP contribution in [-0.2, 0) is 14.4 Å². The van der Waals surface area contributed by atoms with Crippen LogP contribution in [0.25, 0.3) is 0 Å². The molecule has 7 nitrogen and oxygen atoms in total. The van der Waals surface area contributed by atoms with Crippen LogP contribution < -0.4 is 21.1 Å². The van der Waals surface area contributed by atoms with E-state index in [4.69, 9.17) is 10.5 Å². The number of aryl methyl sites for hydroxylation is 1. The molecule has 8 heteroatoms. The molecule has 0 aliphatic carbocycles. The maximum atomic E-state index is 11.9. The molecular weight excluding hydrogens is 442 g/mol. The van der Waals surface area contributed by atoms with Gasteiger partial charge in [-0.25, -0.2) is 0 Å². The minimum absolute atomic E-state index is 0. The average Bonchev–Trinajstić information content (AvgIpc) is 2.77. The van der Waals surface area contributed by atoms with Crippen molar-refractivity contribution in [1.29, 1.82) is 0 Å². The summed E-state index contributed by atoms with van der Waals surface area (Å²) in [7, 11) is 0. The molecule has 0 bridgehead atoms. The Balaban J connectivity index is 0.0000102. The van der Waals surface area contributed by atoms with Crippen LogP contribution in [-0.4, -0.2) is 37.4 Å². The van der Waals surface area contributed by atoms with Gasteiger partial charge < -0.3 is 21.1 Å². The molecule has 0 saturated heterocycles. The van der Waals surface area contributed by atoms with Gasteiger partial charge in [0.15, 0.2) is 0 Å². The normalized spacial score (nSPS) is 10.2. The summed E-state index contributed by atoms with van der Waals surface area (Å²) in [5.74, 6) is 0.563. The standard InChI is InChI=1S/C25H41N3O4.ClH/c1-21-13-8-9-14-22(21)32-25(31)17-7-4-12-20-28-24(30)16-6-3-11-19-27-23(29)15-5-2-10-18-26;/h8-9,13-14H,2-7,10-12,15-20,26H2,1H3,(H,27,29)(H,28,30);1H. The van der Waals surface area contributed by atoms with Gasteiger partial charge in [-0.15, -0.1) is 12.4 Å². The average molecular weight is 484 g/mol. The van der Waals surface area contributed by atoms with E-state index in [1.807, 2.05) is 25.1 Å². The first-order valence-electron chi connectivity index (χ1n) is 12.0. The topological polar surface area (TPSA) is 111 Å². The van der Waals surface area contributed by atoms with Gasteiger partial charge in [-0.1, -0.05) is 37.5 Å². The van der Waals surface area contributed by atoms with Gasteiger partial charge in [0.05, 0.1) is 0 Å². The Hall–Kier alpha value is -2.12. The highest BCUT2D eigenvalue weighted by Gasteiger charge is 2.07. The maximum Gasteiger partial charge on any atom is 0.311 e. The molecule has 0 heterocycles. The smallest absolute Gasteiger partial charge is 0.311 e. The summed E-state index contributed by atoms with van der Waals surface area (Å²) >= 11 is 0. The number of nitrogens with two attached hydrogens (primary N) is 1. The quantitative estimate of drug-likeness (QED) is 0.165. The number of ether oxygens (including phenoxy) is 1. The van der Waals surface area contributed by atoms with E-state index in [0.717, 1.165) is 63.4 Å². The van der Waals surface area contributed by atoms with Crippen molar-refractivity contribution in [3.63, 3.8) is 0 Å². The Morgan fingerprint density at radius 1 is 0.758 bits per heavy atom. The third kappa shape index (κ3) is 17.1. The third-order valence-corrected chi connectivity index (χ3v) is 5.21. The Morgan fingerprint density at radius 2 is 1.27 bits per heavy atom. The van der Waals surface area contributed by atoms with Gasteiger partial charge in [-0.3, -0.25) is 14.4 Å². The van der Waals surface area contributed by atoms with Gasteiger partial charge in [0, 0.05) is 32.4 Å². The second-order valence-corrected chi connectivity index (χ2v) is 8.16. The second-order valence-electron chi connectivity index (χ2n) is 8.16. The molecule has 0 atom stereocenters. The molecule has 33 heavy (non-hydrogen) atoms. The summed E-state index contributed by atoms with van der Waals surface area (Å²) in [5.41, 5.74) is 6.38. The lowest BCUT2D eigenvalue weighted by molar-refractivity contribution is -0.134. The van der Waals surface area contributed by atoms with Gasteiger partial charge in [0.1, 0.15) is 5.75 Å². The fourth-order valence-corrected chi connectivity index (χ4v) is 3.24. The minimum Gasteiger partial charge on any atom is -0.426 e. The number of amides is 2. The fraction of sp³-hybridized carbons (Fsp3) is 0.640. The molecule has 1 rings (SSSR count). The van der Waals surface area contributed by atoms with E-state index in [1.54, 1.807) is 6.07 Å². The first-order valence-corrected chi connectivity index (χ1v) is 12.0. The van der Waals surface area contributed by atoms with E-state index in [1.165, 1.54) is 0 Å². The van der Waals surface area contributed by atoms with Crippen molar-refractivity contribution in [3.05, 3.63) is 29.8 Å². The number of carbonyl (C=O) groups excluding carboxylic acids is 3. The van der Waals surface area contributed by atoms with Gasteiger partial charge in [0.25, 0.3) is 0 Å². The number of hydrogen-bond acceptors (Lipinski definition) is 5. The molecular formula is C25H42ClN3O4. The number of benzene rings is 1. The van der Waals surface area contributed by atoms with Crippen molar-refractivity contribution in [3.8, 4) is 5.75 Å². The van der Waals surface area contributed by atoms with Crippen molar-refractivity contribution in [2.24, 2.45) is 5.73 Å². The number of rotatable bonds is 18. The zero-order valence-corrected chi connectivity index (χ0v) is 20.9. The van der Waals surface area contributed by atoms with E-state index in [-0.39, 0.29) is 30.2 Å². The van der Waals surface area contributed by atoms with Gasteiger partial charge in [-0.05, 0) is 63.6 Å². The highest BCUT2D eigenvalue weighted by atomic mass is 35.5. The number of carbonyl (C=O) groups is 3. The molecule has 0 aliphatic heterocycles. The molecule has 2 amide bonds. The van der Waals surface area contributed by atoms with Crippen LogP contribution in [0.15, 0.2) is 24.3 Å². The van der Waals surface area contributed by atoms with Crippen molar-refractivity contribution >= 4 is 30.2 Å². The highest BCUT2D eigenvalue weighted by molar-refractivity contribution is 5.85. The maximum absolute atomic E-state index is 11.9. The van der Waals surface area contributed by atoms with Crippen LogP contribution in [0.3, 0.4) is 0 Å². The lowest BCUT2D eigenvalue weighted by Gasteiger charge is -2.08. The molecule has 0 aliphatic rings. The van der Waals surface area contributed by atoms with E-state index in [0.29, 0.717) is 44.6 Å². The van der Waals surface area contributed by atoms with Crippen LogP contribution in [0, 0.1) is 6.92 Å². The largest absolute Gasteiger partial charge is 0.426 e. The fourth-order valence-electron chi connectivity index (χ4n) is 3.24. The Bertz CT molecular complexity index is 685. The Labute approximate surface area is 205 Å². The molecule has 0 saturated carbocycles. The summed E-state index contributed by atoms with van der Waals surface area (Å²) in [6.45, 7) is 3.90. The van der Waals surface area contributed by atoms with Crippen LogP contribution in [0.5, 0.6) is 5.75 Å². The van der Waals surface area contributed by atoms with Crippen LogP contribution in [0.4, 0.5) is 0 Å². The van der Waals surface area contributed by atoms with Crippen molar-refractivity contribution in [2.75, 3.05) is 19.6 Å². The van der Waals surface area contributed by atoms with Crippen molar-refractivity contribution in [2.45, 2.75) is 84.0 Å². The highest BCUT2D eigenvalue weighted by Crippen LogP contribution is 2.17. The summed E-state index contributed by atoms with van der Waals surface area (Å²) in [6.07, 6.45) is 9.42. The van der Waals surface area contributed by atoms with Crippen molar-refractivity contribution in [1.82, 2.24) is 10.6 Å². The van der Waals surface area contributed by atoms with E-state index < -0.39 is 0 Å². The summed E-state index contributed by atoms with van der Waals surface area (Å²) in [4.78, 5) is 35.4. The SMILES string of the molecule is Cc1ccccc1OC(=O)CCCCCNC(=O)CCCCCNC(=O)CCCCCN.Cl. The molecule has 0 radical (unpaired) electrons. The zero-order valence-electron chi connectivity index (χ0n) is 20.0. The number of unbranched alkanes of at least 4 members (excludes halogenated alkanes) is 6. The molecule has 188 valence electrons. The molecule has 1 aromatic carbocycles. The molecule has 0 fully saturated rings. The third-order valence-electron chi connectivity index (χ3n) is 5.21. The van der Waals surface area contributed by atoms with Crippen LogP contribution in [0.1, 0.15) is 82.6 Å². The molecule has 0 spiro atoms. The minimum atomic E-state index is -0.217. The predicted octanol–water partition coefficient (Wildman–Crippen LogP) is 4.19. The Kier molecular flexibility index (Phi) is 19.2. The van der Waals surface area contributed by atoms with Gasteiger partial charge in [0.2, 0.25) is 11.8 Å². The van der Waals surface area contributed by atoms with E-state index in [9.17, 15) is 14.4 Å². The Morgan fingerprint density at radius 3 is 1.82 bits per heavy atom. The van der Waals surface area contributed by atoms with Gasteiger partial charge in [-0.2, -0.15) is 0 Å². The van der Waals surface area contributed by atoms with Gasteiger partial charge >= 0.3 is 5.97 Å².